The van der Waals surface area contributed by atoms with Crippen LogP contribution in [0.5, 0.6) is 11.5 Å². The second-order valence-electron chi connectivity index (χ2n) is 6.17. The molecule has 0 spiro atoms. The lowest BCUT2D eigenvalue weighted by Crippen LogP contribution is -2.17. The summed E-state index contributed by atoms with van der Waals surface area (Å²) in [5.41, 5.74) is 6.88. The van der Waals surface area contributed by atoms with Crippen molar-refractivity contribution in [3.05, 3.63) is 71.3 Å². The van der Waals surface area contributed by atoms with E-state index < -0.39 is 0 Å². The van der Waals surface area contributed by atoms with Crippen molar-refractivity contribution in [1.29, 1.82) is 0 Å². The highest BCUT2D eigenvalue weighted by molar-refractivity contribution is 5.95. The number of hydrogen-bond donors (Lipinski definition) is 1. The van der Waals surface area contributed by atoms with Gasteiger partial charge in [-0.25, -0.2) is 5.43 Å². The number of amides is 1. The van der Waals surface area contributed by atoms with Gasteiger partial charge in [0.05, 0.1) is 32.3 Å². The number of pyridine rings is 1. The van der Waals surface area contributed by atoms with E-state index in [0.717, 1.165) is 22.6 Å². The molecule has 3 aromatic rings. The van der Waals surface area contributed by atoms with Gasteiger partial charge in [0.2, 0.25) is 0 Å². The van der Waals surface area contributed by atoms with Crippen LogP contribution in [-0.2, 0) is 0 Å². The Morgan fingerprint density at radius 2 is 1.86 bits per heavy atom. The number of benzene rings is 1. The lowest BCUT2D eigenvalue weighted by molar-refractivity contribution is 0.0954. The predicted molar refractivity (Wildman–Crippen MR) is 108 cm³/mol. The minimum absolute atomic E-state index is 0.352. The maximum atomic E-state index is 12.4. The monoisotopic (exact) mass is 378 g/mol. The molecule has 28 heavy (non-hydrogen) atoms. The zero-order valence-corrected chi connectivity index (χ0v) is 16.3. The summed E-state index contributed by atoms with van der Waals surface area (Å²) in [6.07, 6.45) is 5.17. The minimum Gasteiger partial charge on any atom is -0.497 e. The van der Waals surface area contributed by atoms with Crippen LogP contribution in [0.2, 0.25) is 0 Å². The first-order valence-electron chi connectivity index (χ1n) is 8.69. The summed E-state index contributed by atoms with van der Waals surface area (Å²) < 4.78 is 12.5. The van der Waals surface area contributed by atoms with E-state index in [1.807, 2.05) is 32.0 Å². The first kappa shape index (κ1) is 19.2. The van der Waals surface area contributed by atoms with Crippen molar-refractivity contribution in [3.63, 3.8) is 0 Å². The molecular formula is C21H22N4O3. The molecule has 0 aliphatic rings. The third-order valence-electron chi connectivity index (χ3n) is 4.36. The standard InChI is InChI=1S/C21H22N4O3/c1-14-8-17(15(2)25(14)18-6-5-7-22-13-18)12-23-24-21(26)16-9-19(27-3)11-20(10-16)28-4/h5-13H,1-4H3,(H,24,26). The van der Waals surface area contributed by atoms with Crippen LogP contribution >= 0.6 is 0 Å². The molecular weight excluding hydrogens is 356 g/mol. The van der Waals surface area contributed by atoms with Gasteiger partial charge in [0.25, 0.3) is 5.91 Å². The predicted octanol–water partition coefficient (Wildman–Crippen LogP) is 3.27. The van der Waals surface area contributed by atoms with Gasteiger partial charge in [-0.15, -0.1) is 0 Å². The van der Waals surface area contributed by atoms with E-state index in [2.05, 4.69) is 20.1 Å². The highest BCUT2D eigenvalue weighted by Gasteiger charge is 2.11. The summed E-state index contributed by atoms with van der Waals surface area (Å²) in [6.45, 7) is 4.01. The van der Waals surface area contributed by atoms with Gasteiger partial charge in [0.15, 0.2) is 0 Å². The molecule has 0 aliphatic carbocycles. The van der Waals surface area contributed by atoms with Crippen LogP contribution in [0, 0.1) is 13.8 Å². The molecule has 1 N–H and O–H groups in total. The number of rotatable bonds is 6. The first-order chi connectivity index (χ1) is 13.5. The SMILES string of the molecule is COc1cc(OC)cc(C(=O)NN=Cc2cc(C)n(-c3cccnc3)c2C)c1. The van der Waals surface area contributed by atoms with Gasteiger partial charge in [-0.05, 0) is 44.2 Å². The minimum atomic E-state index is -0.352. The second-order valence-corrected chi connectivity index (χ2v) is 6.17. The maximum Gasteiger partial charge on any atom is 0.271 e. The number of carbonyl (C=O) groups is 1. The fraction of sp³-hybridized carbons (Fsp3) is 0.190. The number of methoxy groups -OCH3 is 2. The molecule has 0 radical (unpaired) electrons. The van der Waals surface area contributed by atoms with E-state index in [1.165, 1.54) is 14.2 Å². The van der Waals surface area contributed by atoms with Crippen molar-refractivity contribution in [1.82, 2.24) is 15.0 Å². The number of hydrogen-bond acceptors (Lipinski definition) is 5. The molecule has 0 fully saturated rings. The summed E-state index contributed by atoms with van der Waals surface area (Å²) in [6, 6.07) is 10.8. The average Bonchev–Trinajstić information content (AvgIpc) is 3.01. The third-order valence-corrected chi connectivity index (χ3v) is 4.36. The van der Waals surface area contributed by atoms with Crippen LogP contribution in [0.15, 0.2) is 53.9 Å². The number of nitrogens with one attached hydrogen (secondary N) is 1. The molecule has 7 heteroatoms. The molecule has 2 aromatic heterocycles. The van der Waals surface area contributed by atoms with Crippen molar-refractivity contribution < 1.29 is 14.3 Å². The molecule has 0 atom stereocenters. The number of hydrazone groups is 1. The summed E-state index contributed by atoms with van der Waals surface area (Å²) in [5.74, 6) is 0.719. The zero-order chi connectivity index (χ0) is 20.1. The van der Waals surface area contributed by atoms with Gasteiger partial charge in [0, 0.05) is 34.8 Å². The summed E-state index contributed by atoms with van der Waals surface area (Å²) >= 11 is 0. The Morgan fingerprint density at radius 3 is 2.46 bits per heavy atom. The molecule has 0 aliphatic heterocycles. The third kappa shape index (κ3) is 4.03. The number of aryl methyl sites for hydroxylation is 1. The Labute approximate surface area is 163 Å². The Hall–Kier alpha value is -3.61. The number of nitrogens with zero attached hydrogens (tertiary/aromatic N) is 3. The van der Waals surface area contributed by atoms with Crippen molar-refractivity contribution in [2.24, 2.45) is 5.10 Å². The van der Waals surface area contributed by atoms with Crippen LogP contribution in [0.3, 0.4) is 0 Å². The summed E-state index contributed by atoms with van der Waals surface area (Å²) in [7, 11) is 3.07. The number of ether oxygens (including phenoxy) is 2. The van der Waals surface area contributed by atoms with E-state index in [0.29, 0.717) is 17.1 Å². The van der Waals surface area contributed by atoms with Crippen molar-refractivity contribution in [3.8, 4) is 17.2 Å². The van der Waals surface area contributed by atoms with E-state index in [1.54, 1.807) is 36.8 Å². The summed E-state index contributed by atoms with van der Waals surface area (Å²) in [5, 5.41) is 4.10. The van der Waals surface area contributed by atoms with Gasteiger partial charge in [-0.3, -0.25) is 9.78 Å². The Morgan fingerprint density at radius 1 is 1.14 bits per heavy atom. The second kappa shape index (κ2) is 8.39. The molecule has 1 amide bonds. The molecule has 3 rings (SSSR count). The molecule has 0 unspecified atom stereocenters. The fourth-order valence-electron chi connectivity index (χ4n) is 2.97. The zero-order valence-electron chi connectivity index (χ0n) is 16.3. The van der Waals surface area contributed by atoms with Gasteiger partial charge in [0.1, 0.15) is 11.5 Å². The van der Waals surface area contributed by atoms with Crippen molar-refractivity contribution >= 4 is 12.1 Å². The van der Waals surface area contributed by atoms with E-state index in [-0.39, 0.29) is 5.91 Å². The van der Waals surface area contributed by atoms with Crippen LogP contribution < -0.4 is 14.9 Å². The smallest absolute Gasteiger partial charge is 0.271 e. The van der Waals surface area contributed by atoms with Crippen LogP contribution in [-0.4, -0.2) is 35.9 Å². The first-order valence-corrected chi connectivity index (χ1v) is 8.69. The normalized spacial score (nSPS) is 10.9. The quantitative estimate of drug-likeness (QED) is 0.527. The fourth-order valence-corrected chi connectivity index (χ4v) is 2.97. The molecule has 0 saturated carbocycles. The summed E-state index contributed by atoms with van der Waals surface area (Å²) in [4.78, 5) is 16.6. The largest absolute Gasteiger partial charge is 0.497 e. The molecule has 1 aromatic carbocycles. The van der Waals surface area contributed by atoms with Gasteiger partial charge >= 0.3 is 0 Å². The number of aromatic nitrogens is 2. The lowest BCUT2D eigenvalue weighted by Gasteiger charge is -2.08. The molecule has 0 saturated heterocycles. The molecule has 0 bridgehead atoms. The Balaban J connectivity index is 1.78. The number of carbonyl (C=O) groups excluding carboxylic acids is 1. The van der Waals surface area contributed by atoms with Gasteiger partial charge in [-0.2, -0.15) is 5.10 Å². The topological polar surface area (TPSA) is 77.7 Å². The van der Waals surface area contributed by atoms with Gasteiger partial charge in [-0.1, -0.05) is 0 Å². The molecule has 2 heterocycles. The van der Waals surface area contributed by atoms with E-state index in [4.69, 9.17) is 9.47 Å². The van der Waals surface area contributed by atoms with E-state index >= 15 is 0 Å². The van der Waals surface area contributed by atoms with Crippen molar-refractivity contribution in [2.45, 2.75) is 13.8 Å². The average molecular weight is 378 g/mol. The van der Waals surface area contributed by atoms with Crippen LogP contribution in [0.1, 0.15) is 27.3 Å². The highest BCUT2D eigenvalue weighted by atomic mass is 16.5. The lowest BCUT2D eigenvalue weighted by atomic mass is 10.2. The van der Waals surface area contributed by atoms with Crippen LogP contribution in [0.4, 0.5) is 0 Å². The maximum absolute atomic E-state index is 12.4. The van der Waals surface area contributed by atoms with Gasteiger partial charge < -0.3 is 14.0 Å². The Kier molecular flexibility index (Phi) is 5.74. The molecule has 144 valence electrons. The highest BCUT2D eigenvalue weighted by Crippen LogP contribution is 2.22. The van der Waals surface area contributed by atoms with E-state index in [9.17, 15) is 4.79 Å². The molecule has 7 nitrogen and oxygen atoms in total. The van der Waals surface area contributed by atoms with Crippen molar-refractivity contribution in [2.75, 3.05) is 14.2 Å². The van der Waals surface area contributed by atoms with Crippen LogP contribution in [0.25, 0.3) is 5.69 Å². The Bertz CT molecular complexity index is 988.